The highest BCUT2D eigenvalue weighted by Crippen LogP contribution is 2.30. The zero-order valence-corrected chi connectivity index (χ0v) is 15.1. The number of nitrogens with zero attached hydrogens (tertiary/aromatic N) is 4. The second kappa shape index (κ2) is 6.64. The molecule has 0 unspecified atom stereocenters. The Morgan fingerprint density at radius 1 is 1.07 bits per heavy atom. The van der Waals surface area contributed by atoms with Crippen molar-refractivity contribution in [3.05, 3.63) is 72.4 Å². The van der Waals surface area contributed by atoms with E-state index in [1.54, 1.807) is 10.6 Å². The summed E-state index contributed by atoms with van der Waals surface area (Å²) < 4.78 is 1.70. The largest absolute Gasteiger partial charge is 0.364 e. The van der Waals surface area contributed by atoms with E-state index in [0.717, 1.165) is 28.2 Å². The van der Waals surface area contributed by atoms with Gasteiger partial charge in [0.2, 0.25) is 0 Å². The molecule has 2 N–H and O–H groups in total. The summed E-state index contributed by atoms with van der Waals surface area (Å²) in [4.78, 5) is 25.2. The summed E-state index contributed by atoms with van der Waals surface area (Å²) in [5, 5.41) is 0. The number of amides is 1. The maximum absolute atomic E-state index is 11.7. The molecule has 6 heteroatoms. The van der Waals surface area contributed by atoms with Crippen LogP contribution in [0.4, 0.5) is 0 Å². The van der Waals surface area contributed by atoms with Crippen molar-refractivity contribution < 1.29 is 4.79 Å². The van der Waals surface area contributed by atoms with E-state index in [9.17, 15) is 4.79 Å². The van der Waals surface area contributed by atoms with Crippen LogP contribution >= 0.6 is 0 Å². The van der Waals surface area contributed by atoms with E-state index in [2.05, 4.69) is 23.8 Å². The Bertz CT molecular complexity index is 1150. The first kappa shape index (κ1) is 16.9. The van der Waals surface area contributed by atoms with Crippen LogP contribution < -0.4 is 5.73 Å². The third-order valence-electron chi connectivity index (χ3n) is 4.48. The van der Waals surface area contributed by atoms with Crippen LogP contribution in [0.2, 0.25) is 0 Å². The van der Waals surface area contributed by atoms with Gasteiger partial charge in [-0.3, -0.25) is 19.2 Å². The molecule has 0 aliphatic rings. The van der Waals surface area contributed by atoms with Gasteiger partial charge in [0.15, 0.2) is 0 Å². The van der Waals surface area contributed by atoms with Crippen molar-refractivity contribution in [2.24, 2.45) is 5.73 Å². The fraction of sp³-hybridized carbons (Fsp3) is 0.143. The topological polar surface area (TPSA) is 86.2 Å². The van der Waals surface area contributed by atoms with Crippen LogP contribution in [0, 0.1) is 0 Å². The lowest BCUT2D eigenvalue weighted by atomic mass is 10.0. The normalized spacial score (nSPS) is 11.2. The molecule has 4 aromatic heterocycles. The highest BCUT2D eigenvalue weighted by atomic mass is 16.1. The number of aromatic nitrogens is 4. The first-order valence-corrected chi connectivity index (χ1v) is 8.74. The van der Waals surface area contributed by atoms with Gasteiger partial charge in [-0.1, -0.05) is 26.0 Å². The summed E-state index contributed by atoms with van der Waals surface area (Å²) >= 11 is 0. The Labute approximate surface area is 156 Å². The molecule has 0 aliphatic carbocycles. The van der Waals surface area contributed by atoms with Gasteiger partial charge in [0, 0.05) is 29.2 Å². The second-order valence-electron chi connectivity index (χ2n) is 6.66. The Kier molecular flexibility index (Phi) is 4.16. The Morgan fingerprint density at radius 2 is 1.93 bits per heavy atom. The van der Waals surface area contributed by atoms with Crippen LogP contribution in [0.1, 0.15) is 35.9 Å². The van der Waals surface area contributed by atoms with Gasteiger partial charge < -0.3 is 5.73 Å². The van der Waals surface area contributed by atoms with E-state index >= 15 is 0 Å². The lowest BCUT2D eigenvalue weighted by Crippen LogP contribution is -2.13. The molecule has 0 atom stereocenters. The minimum absolute atomic E-state index is 0.331. The summed E-state index contributed by atoms with van der Waals surface area (Å²) in [5.74, 6) is -0.185. The SMILES string of the molecule is CC(C)c1cccc(-c2ncccc2-c2ccc3ncc(C(N)=O)n3c2)n1. The van der Waals surface area contributed by atoms with Crippen LogP contribution in [-0.2, 0) is 0 Å². The predicted octanol–water partition coefficient (Wildman–Crippen LogP) is 3.68. The van der Waals surface area contributed by atoms with Crippen LogP contribution in [0.3, 0.4) is 0 Å². The zero-order valence-electron chi connectivity index (χ0n) is 15.1. The van der Waals surface area contributed by atoms with Gasteiger partial charge in [-0.25, -0.2) is 4.98 Å². The summed E-state index contributed by atoms with van der Waals surface area (Å²) in [7, 11) is 0. The Balaban J connectivity index is 1.89. The van der Waals surface area contributed by atoms with Crippen LogP contribution in [0.25, 0.3) is 28.2 Å². The molecule has 4 heterocycles. The highest BCUT2D eigenvalue weighted by molar-refractivity contribution is 5.92. The molecular weight excluding hydrogens is 338 g/mol. The fourth-order valence-electron chi connectivity index (χ4n) is 3.07. The molecule has 134 valence electrons. The number of imidazole rings is 1. The fourth-order valence-corrected chi connectivity index (χ4v) is 3.07. The van der Waals surface area contributed by atoms with E-state index in [4.69, 9.17) is 10.7 Å². The third kappa shape index (κ3) is 3.06. The van der Waals surface area contributed by atoms with Gasteiger partial charge in [0.05, 0.1) is 17.6 Å². The average Bonchev–Trinajstić information content (AvgIpc) is 3.11. The summed E-state index contributed by atoms with van der Waals surface area (Å²) in [6.45, 7) is 4.23. The number of carbonyl (C=O) groups excluding carboxylic acids is 1. The van der Waals surface area contributed by atoms with E-state index < -0.39 is 5.91 Å². The first-order chi connectivity index (χ1) is 13.0. The van der Waals surface area contributed by atoms with Crippen LogP contribution in [0.15, 0.2) is 61.1 Å². The molecule has 0 aromatic carbocycles. The molecule has 0 saturated heterocycles. The molecule has 0 bridgehead atoms. The van der Waals surface area contributed by atoms with Crippen molar-refractivity contribution in [2.75, 3.05) is 0 Å². The van der Waals surface area contributed by atoms with E-state index in [1.165, 1.54) is 6.20 Å². The molecule has 27 heavy (non-hydrogen) atoms. The van der Waals surface area contributed by atoms with E-state index in [-0.39, 0.29) is 0 Å². The lowest BCUT2D eigenvalue weighted by Gasteiger charge is -2.11. The minimum Gasteiger partial charge on any atom is -0.364 e. The van der Waals surface area contributed by atoms with Crippen LogP contribution in [-0.4, -0.2) is 25.3 Å². The summed E-state index contributed by atoms with van der Waals surface area (Å²) in [5.41, 5.74) is 10.9. The molecule has 0 aliphatic heterocycles. The van der Waals surface area contributed by atoms with Crippen molar-refractivity contribution in [1.29, 1.82) is 0 Å². The second-order valence-corrected chi connectivity index (χ2v) is 6.66. The highest BCUT2D eigenvalue weighted by Gasteiger charge is 2.14. The molecular formula is C21H19N5O. The van der Waals surface area contributed by atoms with Gasteiger partial charge >= 0.3 is 0 Å². The predicted molar refractivity (Wildman–Crippen MR) is 104 cm³/mol. The van der Waals surface area contributed by atoms with Gasteiger partial charge in [0.1, 0.15) is 11.3 Å². The molecule has 0 fully saturated rings. The standard InChI is InChI=1S/C21H19N5O/c1-13(2)16-6-3-7-17(25-16)20-15(5-4-10-23-20)14-8-9-19-24-11-18(21(22)27)26(19)12-14/h3-13H,1-2H3,(H2,22,27). The maximum Gasteiger partial charge on any atom is 0.267 e. The first-order valence-electron chi connectivity index (χ1n) is 8.74. The number of nitrogens with two attached hydrogens (primary N) is 1. The molecule has 0 saturated carbocycles. The lowest BCUT2D eigenvalue weighted by molar-refractivity contribution is 0.0995. The van der Waals surface area contributed by atoms with Crippen molar-refractivity contribution in [2.45, 2.75) is 19.8 Å². The number of pyridine rings is 3. The van der Waals surface area contributed by atoms with Gasteiger partial charge in [-0.15, -0.1) is 0 Å². The minimum atomic E-state index is -0.516. The van der Waals surface area contributed by atoms with Gasteiger partial charge in [-0.05, 0) is 36.2 Å². The van der Waals surface area contributed by atoms with Crippen molar-refractivity contribution >= 4 is 11.6 Å². The Hall–Kier alpha value is -3.54. The summed E-state index contributed by atoms with van der Waals surface area (Å²) in [6.07, 6.45) is 5.10. The number of hydrogen-bond acceptors (Lipinski definition) is 4. The van der Waals surface area contributed by atoms with Crippen molar-refractivity contribution in [3.8, 4) is 22.5 Å². The van der Waals surface area contributed by atoms with Gasteiger partial charge in [-0.2, -0.15) is 0 Å². The molecule has 4 rings (SSSR count). The quantitative estimate of drug-likeness (QED) is 0.603. The van der Waals surface area contributed by atoms with E-state index in [1.807, 2.05) is 48.7 Å². The maximum atomic E-state index is 11.7. The number of rotatable bonds is 4. The zero-order chi connectivity index (χ0) is 19.0. The number of primary amides is 1. The smallest absolute Gasteiger partial charge is 0.267 e. The Morgan fingerprint density at radius 3 is 2.70 bits per heavy atom. The average molecular weight is 357 g/mol. The van der Waals surface area contributed by atoms with Crippen molar-refractivity contribution in [3.63, 3.8) is 0 Å². The van der Waals surface area contributed by atoms with Crippen LogP contribution in [0.5, 0.6) is 0 Å². The molecule has 4 aromatic rings. The molecule has 6 nitrogen and oxygen atoms in total. The number of fused-ring (bicyclic) bond motifs is 1. The number of hydrogen-bond donors (Lipinski definition) is 1. The molecule has 0 radical (unpaired) electrons. The molecule has 1 amide bonds. The summed E-state index contributed by atoms with van der Waals surface area (Å²) in [6, 6.07) is 13.7. The van der Waals surface area contributed by atoms with E-state index in [0.29, 0.717) is 17.3 Å². The van der Waals surface area contributed by atoms with Crippen molar-refractivity contribution in [1.82, 2.24) is 19.4 Å². The van der Waals surface area contributed by atoms with Gasteiger partial charge in [0.25, 0.3) is 5.91 Å². The molecule has 0 spiro atoms. The monoisotopic (exact) mass is 357 g/mol. The number of carbonyl (C=O) groups is 1. The third-order valence-corrected chi connectivity index (χ3v) is 4.48.